The summed E-state index contributed by atoms with van der Waals surface area (Å²) in [4.78, 5) is 0. The van der Waals surface area contributed by atoms with Gasteiger partial charge in [0.1, 0.15) is 5.82 Å². The number of anilines is 1. The molecule has 4 heteroatoms. The molecule has 2 saturated carbocycles. The van der Waals surface area contributed by atoms with E-state index in [-0.39, 0.29) is 5.69 Å². The van der Waals surface area contributed by atoms with Crippen molar-refractivity contribution in [3.63, 3.8) is 0 Å². The summed E-state index contributed by atoms with van der Waals surface area (Å²) in [5.74, 6) is -0.759. The molecule has 0 radical (unpaired) electrons. The highest BCUT2D eigenvalue weighted by atomic mass is 19.2. The lowest BCUT2D eigenvalue weighted by molar-refractivity contribution is 0.348. The summed E-state index contributed by atoms with van der Waals surface area (Å²) in [7, 11) is 0. The van der Waals surface area contributed by atoms with Gasteiger partial charge in [-0.2, -0.15) is 0 Å². The molecule has 3 unspecified atom stereocenters. The number of benzene rings is 1. The van der Waals surface area contributed by atoms with Crippen LogP contribution in [0.1, 0.15) is 25.7 Å². The van der Waals surface area contributed by atoms with E-state index in [9.17, 15) is 13.2 Å². The Morgan fingerprint density at radius 3 is 2.44 bits per heavy atom. The first-order chi connectivity index (χ1) is 8.63. The van der Waals surface area contributed by atoms with Crippen LogP contribution in [0.4, 0.5) is 18.9 Å². The third-order valence-corrected chi connectivity index (χ3v) is 4.45. The van der Waals surface area contributed by atoms with Gasteiger partial charge in [-0.3, -0.25) is 0 Å². The third kappa shape index (κ3) is 2.08. The van der Waals surface area contributed by atoms with E-state index in [0.29, 0.717) is 18.5 Å². The minimum atomic E-state index is -1.14. The van der Waals surface area contributed by atoms with Crippen molar-refractivity contribution in [2.75, 3.05) is 11.9 Å². The highest BCUT2D eigenvalue weighted by Crippen LogP contribution is 2.48. The summed E-state index contributed by atoms with van der Waals surface area (Å²) in [6.45, 7) is 0.656. The first-order valence-electron chi connectivity index (χ1n) is 6.52. The molecule has 2 aliphatic carbocycles. The highest BCUT2D eigenvalue weighted by molar-refractivity contribution is 5.45. The Labute approximate surface area is 104 Å². The molecular weight excluding hydrogens is 239 g/mol. The van der Waals surface area contributed by atoms with Crippen molar-refractivity contribution in [3.05, 3.63) is 29.6 Å². The van der Waals surface area contributed by atoms with E-state index in [1.54, 1.807) is 0 Å². The lowest BCUT2D eigenvalue weighted by atomic mass is 9.89. The summed E-state index contributed by atoms with van der Waals surface area (Å²) in [6.07, 6.45) is 5.05. The van der Waals surface area contributed by atoms with Gasteiger partial charge < -0.3 is 5.32 Å². The molecule has 0 heterocycles. The predicted molar refractivity (Wildman–Crippen MR) is 63.7 cm³/mol. The lowest BCUT2D eigenvalue weighted by Crippen LogP contribution is -2.20. The van der Waals surface area contributed by atoms with Gasteiger partial charge >= 0.3 is 0 Å². The maximum Gasteiger partial charge on any atom is 0.161 e. The standard InChI is InChI=1S/C14H16F3N/c15-11-5-13(17)14(6-12(11)16)18-7-10-4-8-1-2-9(10)3-8/h5-6,8-10,18H,1-4,7H2. The first-order valence-corrected chi connectivity index (χ1v) is 6.52. The van der Waals surface area contributed by atoms with E-state index < -0.39 is 17.5 Å². The van der Waals surface area contributed by atoms with Gasteiger partial charge in [-0.05, 0) is 37.0 Å². The normalized spacial score (nSPS) is 29.8. The fourth-order valence-corrected chi connectivity index (χ4v) is 3.53. The second-order valence-electron chi connectivity index (χ2n) is 5.56. The Hall–Kier alpha value is -1.19. The summed E-state index contributed by atoms with van der Waals surface area (Å²) in [6, 6.07) is 1.50. The summed E-state index contributed by atoms with van der Waals surface area (Å²) in [5, 5.41) is 2.93. The van der Waals surface area contributed by atoms with Crippen LogP contribution >= 0.6 is 0 Å². The average molecular weight is 255 g/mol. The molecule has 18 heavy (non-hydrogen) atoms. The van der Waals surface area contributed by atoms with Gasteiger partial charge in [0.25, 0.3) is 0 Å². The zero-order chi connectivity index (χ0) is 12.7. The van der Waals surface area contributed by atoms with E-state index in [4.69, 9.17) is 0 Å². The van der Waals surface area contributed by atoms with E-state index in [1.807, 2.05) is 0 Å². The molecule has 2 aliphatic rings. The zero-order valence-corrected chi connectivity index (χ0v) is 10.1. The molecule has 1 N–H and O–H groups in total. The SMILES string of the molecule is Fc1cc(F)c(NCC2CC3CCC2C3)cc1F. The highest BCUT2D eigenvalue weighted by Gasteiger charge is 2.39. The van der Waals surface area contributed by atoms with Crippen molar-refractivity contribution in [1.29, 1.82) is 0 Å². The van der Waals surface area contributed by atoms with Crippen molar-refractivity contribution in [2.45, 2.75) is 25.7 Å². The molecule has 2 fully saturated rings. The number of fused-ring (bicyclic) bond motifs is 2. The molecule has 0 amide bonds. The number of hydrogen-bond acceptors (Lipinski definition) is 1. The van der Waals surface area contributed by atoms with Crippen LogP contribution in [0.5, 0.6) is 0 Å². The zero-order valence-electron chi connectivity index (χ0n) is 10.1. The van der Waals surface area contributed by atoms with E-state index >= 15 is 0 Å². The lowest BCUT2D eigenvalue weighted by Gasteiger charge is -2.22. The van der Waals surface area contributed by atoms with Gasteiger partial charge in [-0.1, -0.05) is 6.42 Å². The van der Waals surface area contributed by atoms with Crippen LogP contribution < -0.4 is 5.32 Å². The molecule has 1 aromatic carbocycles. The molecule has 3 rings (SSSR count). The topological polar surface area (TPSA) is 12.0 Å². The van der Waals surface area contributed by atoms with Crippen LogP contribution in [0.2, 0.25) is 0 Å². The van der Waals surface area contributed by atoms with Gasteiger partial charge in [0, 0.05) is 18.7 Å². The fourth-order valence-electron chi connectivity index (χ4n) is 3.53. The van der Waals surface area contributed by atoms with Gasteiger partial charge in [-0.15, -0.1) is 0 Å². The summed E-state index contributed by atoms with van der Waals surface area (Å²) >= 11 is 0. The second kappa shape index (κ2) is 4.48. The summed E-state index contributed by atoms with van der Waals surface area (Å²) in [5.41, 5.74) is 0.0664. The van der Waals surface area contributed by atoms with Crippen molar-refractivity contribution in [2.24, 2.45) is 17.8 Å². The monoisotopic (exact) mass is 255 g/mol. The maximum atomic E-state index is 13.4. The van der Waals surface area contributed by atoms with Crippen molar-refractivity contribution >= 4 is 5.69 Å². The molecule has 2 bridgehead atoms. The molecule has 3 atom stereocenters. The Bertz CT molecular complexity index is 461. The predicted octanol–water partition coefficient (Wildman–Crippen LogP) is 3.95. The van der Waals surface area contributed by atoms with Crippen LogP contribution in [0.25, 0.3) is 0 Å². The van der Waals surface area contributed by atoms with E-state index in [1.165, 1.54) is 25.7 Å². The van der Waals surface area contributed by atoms with Gasteiger partial charge in [0.05, 0.1) is 5.69 Å². The fraction of sp³-hybridized carbons (Fsp3) is 0.571. The van der Waals surface area contributed by atoms with Crippen LogP contribution in [0.3, 0.4) is 0 Å². The Morgan fingerprint density at radius 2 is 1.78 bits per heavy atom. The Kier molecular flexibility index (Phi) is 2.96. The molecule has 1 aromatic rings. The molecule has 0 saturated heterocycles. The van der Waals surface area contributed by atoms with Crippen LogP contribution in [0, 0.1) is 35.2 Å². The molecule has 0 aromatic heterocycles. The van der Waals surface area contributed by atoms with E-state index in [2.05, 4.69) is 5.32 Å². The van der Waals surface area contributed by atoms with Crippen LogP contribution in [-0.2, 0) is 0 Å². The maximum absolute atomic E-state index is 13.4. The second-order valence-corrected chi connectivity index (χ2v) is 5.56. The molecule has 98 valence electrons. The Morgan fingerprint density at radius 1 is 1.00 bits per heavy atom. The molecule has 0 spiro atoms. The number of halogens is 3. The van der Waals surface area contributed by atoms with Gasteiger partial charge in [-0.25, -0.2) is 13.2 Å². The van der Waals surface area contributed by atoms with Gasteiger partial charge in [0.2, 0.25) is 0 Å². The molecular formula is C14H16F3N. The minimum Gasteiger partial charge on any atom is -0.382 e. The largest absolute Gasteiger partial charge is 0.382 e. The first kappa shape index (κ1) is 11.9. The number of rotatable bonds is 3. The minimum absolute atomic E-state index is 0.0664. The van der Waals surface area contributed by atoms with Crippen LogP contribution in [0.15, 0.2) is 12.1 Å². The summed E-state index contributed by atoms with van der Waals surface area (Å²) < 4.78 is 39.2. The van der Waals surface area contributed by atoms with Gasteiger partial charge in [0.15, 0.2) is 11.6 Å². The third-order valence-electron chi connectivity index (χ3n) is 4.45. The van der Waals surface area contributed by atoms with Crippen molar-refractivity contribution in [1.82, 2.24) is 0 Å². The van der Waals surface area contributed by atoms with Crippen molar-refractivity contribution in [3.8, 4) is 0 Å². The quantitative estimate of drug-likeness (QED) is 0.806. The Balaban J connectivity index is 1.65. The number of nitrogens with one attached hydrogen (secondary N) is 1. The molecule has 0 aliphatic heterocycles. The molecule has 1 nitrogen and oxygen atoms in total. The number of hydrogen-bond donors (Lipinski definition) is 1. The van der Waals surface area contributed by atoms with E-state index in [0.717, 1.165) is 17.9 Å². The van der Waals surface area contributed by atoms with Crippen LogP contribution in [-0.4, -0.2) is 6.54 Å². The van der Waals surface area contributed by atoms with Crippen molar-refractivity contribution < 1.29 is 13.2 Å². The smallest absolute Gasteiger partial charge is 0.161 e. The average Bonchev–Trinajstić information content (AvgIpc) is 2.94.